The summed E-state index contributed by atoms with van der Waals surface area (Å²) >= 11 is 0. The summed E-state index contributed by atoms with van der Waals surface area (Å²) in [6.45, 7) is 7.04. The number of carboxylic acid groups (broad SMARTS) is 1. The first-order chi connectivity index (χ1) is 9.91. The molecule has 2 amide bonds. The van der Waals surface area contributed by atoms with E-state index in [0.29, 0.717) is 19.5 Å². The van der Waals surface area contributed by atoms with Gasteiger partial charge in [0.25, 0.3) is 0 Å². The Morgan fingerprint density at radius 1 is 1.24 bits per heavy atom. The molecule has 0 spiro atoms. The van der Waals surface area contributed by atoms with Crippen molar-refractivity contribution in [1.29, 1.82) is 0 Å². The summed E-state index contributed by atoms with van der Waals surface area (Å²) in [4.78, 5) is 27.1. The van der Waals surface area contributed by atoms with Gasteiger partial charge in [-0.2, -0.15) is 0 Å². The van der Waals surface area contributed by atoms with Crippen molar-refractivity contribution in [2.75, 3.05) is 18.0 Å². The highest BCUT2D eigenvalue weighted by Crippen LogP contribution is 2.27. The van der Waals surface area contributed by atoms with E-state index in [2.05, 4.69) is 0 Å². The van der Waals surface area contributed by atoms with E-state index in [1.807, 2.05) is 43.0 Å². The molecule has 0 radical (unpaired) electrons. The Kier molecular flexibility index (Phi) is 4.50. The van der Waals surface area contributed by atoms with Crippen LogP contribution in [0.4, 0.5) is 10.5 Å². The molecule has 5 nitrogen and oxygen atoms in total. The number of carboxylic acids is 1. The van der Waals surface area contributed by atoms with Crippen LogP contribution < -0.4 is 4.90 Å². The Hall–Kier alpha value is -2.04. The van der Waals surface area contributed by atoms with Crippen molar-refractivity contribution >= 4 is 17.7 Å². The van der Waals surface area contributed by atoms with E-state index in [0.717, 1.165) is 11.3 Å². The maximum absolute atomic E-state index is 12.5. The SMILES string of the molecule is CC(Cc1ccccc1N1CCN(C(C)C)C1=O)C(=O)O. The average Bonchev–Trinajstić information content (AvgIpc) is 2.81. The van der Waals surface area contributed by atoms with Crippen molar-refractivity contribution in [3.8, 4) is 0 Å². The number of hydrogen-bond acceptors (Lipinski definition) is 2. The summed E-state index contributed by atoms with van der Waals surface area (Å²) in [6.07, 6.45) is 0.428. The van der Waals surface area contributed by atoms with Crippen LogP contribution in [-0.4, -0.2) is 41.1 Å². The van der Waals surface area contributed by atoms with E-state index >= 15 is 0 Å². The molecule has 1 atom stereocenters. The van der Waals surface area contributed by atoms with Crippen LogP contribution in [0.15, 0.2) is 24.3 Å². The fraction of sp³-hybridized carbons (Fsp3) is 0.500. The first-order valence-electron chi connectivity index (χ1n) is 7.30. The van der Waals surface area contributed by atoms with Gasteiger partial charge in [0, 0.05) is 24.8 Å². The zero-order valence-corrected chi connectivity index (χ0v) is 12.7. The molecular formula is C16H22N2O3. The maximum atomic E-state index is 12.5. The number of carbonyl (C=O) groups is 2. The van der Waals surface area contributed by atoms with Crippen LogP contribution in [0.3, 0.4) is 0 Å². The van der Waals surface area contributed by atoms with Gasteiger partial charge < -0.3 is 10.0 Å². The molecule has 1 aliphatic rings. The third kappa shape index (κ3) is 3.17. The van der Waals surface area contributed by atoms with Crippen LogP contribution in [0.5, 0.6) is 0 Å². The predicted octanol–water partition coefficient (Wildman–Crippen LogP) is 2.60. The molecular weight excluding hydrogens is 268 g/mol. The molecule has 0 saturated carbocycles. The van der Waals surface area contributed by atoms with Gasteiger partial charge in [-0.1, -0.05) is 25.1 Å². The third-order valence-corrected chi connectivity index (χ3v) is 3.89. The molecule has 2 rings (SSSR count). The van der Waals surface area contributed by atoms with E-state index in [1.165, 1.54) is 0 Å². The molecule has 1 N–H and O–H groups in total. The van der Waals surface area contributed by atoms with E-state index in [1.54, 1.807) is 11.8 Å². The summed E-state index contributed by atoms with van der Waals surface area (Å²) in [6, 6.07) is 7.74. The third-order valence-electron chi connectivity index (χ3n) is 3.89. The Morgan fingerprint density at radius 3 is 2.48 bits per heavy atom. The topological polar surface area (TPSA) is 60.9 Å². The highest BCUT2D eigenvalue weighted by Gasteiger charge is 2.32. The summed E-state index contributed by atoms with van der Waals surface area (Å²) in [7, 11) is 0. The monoisotopic (exact) mass is 290 g/mol. The zero-order valence-electron chi connectivity index (χ0n) is 12.7. The van der Waals surface area contributed by atoms with Crippen LogP contribution in [0.25, 0.3) is 0 Å². The summed E-state index contributed by atoms with van der Waals surface area (Å²) in [5.41, 5.74) is 1.74. The minimum atomic E-state index is -0.818. The van der Waals surface area contributed by atoms with Gasteiger partial charge in [-0.25, -0.2) is 4.79 Å². The lowest BCUT2D eigenvalue weighted by atomic mass is 9.99. The summed E-state index contributed by atoms with van der Waals surface area (Å²) in [5, 5.41) is 9.08. The van der Waals surface area contributed by atoms with Crippen LogP contribution in [-0.2, 0) is 11.2 Å². The second-order valence-corrected chi connectivity index (χ2v) is 5.79. The molecule has 1 aromatic carbocycles. The molecule has 0 bridgehead atoms. The number of amides is 2. The number of nitrogens with zero attached hydrogens (tertiary/aromatic N) is 2. The highest BCUT2D eigenvalue weighted by atomic mass is 16.4. The molecule has 1 aromatic rings. The standard InChI is InChI=1S/C16H22N2O3/c1-11(2)17-8-9-18(16(17)21)14-7-5-4-6-13(14)10-12(3)15(19)20/h4-7,11-12H,8-10H2,1-3H3,(H,19,20). The molecule has 1 heterocycles. The average molecular weight is 290 g/mol. The van der Waals surface area contributed by atoms with Gasteiger partial charge in [0.15, 0.2) is 0 Å². The van der Waals surface area contributed by atoms with Crippen molar-refractivity contribution in [3.63, 3.8) is 0 Å². The lowest BCUT2D eigenvalue weighted by molar-refractivity contribution is -0.141. The van der Waals surface area contributed by atoms with Crippen molar-refractivity contribution in [1.82, 2.24) is 4.90 Å². The van der Waals surface area contributed by atoms with E-state index in [-0.39, 0.29) is 12.1 Å². The molecule has 1 saturated heterocycles. The highest BCUT2D eigenvalue weighted by molar-refractivity contribution is 5.95. The quantitative estimate of drug-likeness (QED) is 0.906. The maximum Gasteiger partial charge on any atom is 0.324 e. The Balaban J connectivity index is 2.25. The zero-order chi connectivity index (χ0) is 15.6. The number of anilines is 1. The number of benzene rings is 1. The van der Waals surface area contributed by atoms with Crippen molar-refractivity contribution in [2.24, 2.45) is 5.92 Å². The van der Waals surface area contributed by atoms with Gasteiger partial charge in [-0.15, -0.1) is 0 Å². The van der Waals surface area contributed by atoms with Crippen LogP contribution in [0, 0.1) is 5.92 Å². The lowest BCUT2D eigenvalue weighted by Gasteiger charge is -2.23. The van der Waals surface area contributed by atoms with Gasteiger partial charge in [0.1, 0.15) is 0 Å². The first kappa shape index (κ1) is 15.4. The van der Waals surface area contributed by atoms with Gasteiger partial charge in [-0.05, 0) is 31.9 Å². The smallest absolute Gasteiger partial charge is 0.324 e. The number of rotatable bonds is 5. The number of carbonyl (C=O) groups excluding carboxylic acids is 1. The molecule has 114 valence electrons. The number of para-hydroxylation sites is 1. The van der Waals surface area contributed by atoms with Gasteiger partial charge >= 0.3 is 12.0 Å². The van der Waals surface area contributed by atoms with Crippen LogP contribution in [0.1, 0.15) is 26.3 Å². The first-order valence-corrected chi connectivity index (χ1v) is 7.30. The Morgan fingerprint density at radius 2 is 1.90 bits per heavy atom. The van der Waals surface area contributed by atoms with Crippen LogP contribution >= 0.6 is 0 Å². The van der Waals surface area contributed by atoms with E-state index in [9.17, 15) is 9.59 Å². The molecule has 1 aliphatic heterocycles. The minimum Gasteiger partial charge on any atom is -0.481 e. The van der Waals surface area contributed by atoms with E-state index < -0.39 is 11.9 Å². The number of aliphatic carboxylic acids is 1. The second-order valence-electron chi connectivity index (χ2n) is 5.79. The molecule has 21 heavy (non-hydrogen) atoms. The Bertz CT molecular complexity index is 542. The predicted molar refractivity (Wildman–Crippen MR) is 81.5 cm³/mol. The molecule has 1 unspecified atom stereocenters. The summed E-state index contributed by atoms with van der Waals surface area (Å²) < 4.78 is 0. The van der Waals surface area contributed by atoms with Crippen molar-refractivity contribution in [2.45, 2.75) is 33.2 Å². The van der Waals surface area contributed by atoms with Crippen LogP contribution in [0.2, 0.25) is 0 Å². The van der Waals surface area contributed by atoms with Gasteiger partial charge in [0.2, 0.25) is 0 Å². The molecule has 5 heteroatoms. The fourth-order valence-electron chi connectivity index (χ4n) is 2.62. The fourth-order valence-corrected chi connectivity index (χ4v) is 2.62. The van der Waals surface area contributed by atoms with Crippen molar-refractivity contribution in [3.05, 3.63) is 29.8 Å². The lowest BCUT2D eigenvalue weighted by Crippen LogP contribution is -2.36. The minimum absolute atomic E-state index is 0.000396. The number of urea groups is 1. The summed E-state index contributed by atoms with van der Waals surface area (Å²) in [5.74, 6) is -1.29. The van der Waals surface area contributed by atoms with Crippen molar-refractivity contribution < 1.29 is 14.7 Å². The molecule has 0 aromatic heterocycles. The van der Waals surface area contributed by atoms with Gasteiger partial charge in [0.05, 0.1) is 5.92 Å². The number of hydrogen-bond donors (Lipinski definition) is 1. The largest absolute Gasteiger partial charge is 0.481 e. The molecule has 0 aliphatic carbocycles. The second kappa shape index (κ2) is 6.16. The van der Waals surface area contributed by atoms with E-state index in [4.69, 9.17) is 5.11 Å². The van der Waals surface area contributed by atoms with Gasteiger partial charge in [-0.3, -0.25) is 9.69 Å². The normalized spacial score (nSPS) is 16.7. The molecule has 1 fully saturated rings. The Labute approximate surface area is 125 Å².